The molecule has 0 aliphatic rings. The van der Waals surface area contributed by atoms with Crippen molar-refractivity contribution >= 4 is 38.9 Å². The molecule has 0 aliphatic carbocycles. The maximum absolute atomic E-state index is 12.1. The summed E-state index contributed by atoms with van der Waals surface area (Å²) in [5.74, 6) is -0.117. The summed E-state index contributed by atoms with van der Waals surface area (Å²) in [7, 11) is -3.32. The quantitative estimate of drug-likeness (QED) is 0.762. The second-order valence-electron chi connectivity index (χ2n) is 5.67. The van der Waals surface area contributed by atoms with Crippen molar-refractivity contribution in [2.24, 2.45) is 0 Å². The number of amides is 1. The van der Waals surface area contributed by atoms with Crippen LogP contribution in [0.5, 0.6) is 0 Å². The molecular weight excluding hydrogens is 360 g/mol. The maximum atomic E-state index is 12.1. The number of aryl methyl sites for hydroxylation is 2. The van der Waals surface area contributed by atoms with E-state index in [2.05, 4.69) is 10.0 Å². The topological polar surface area (TPSA) is 75.3 Å². The lowest BCUT2D eigenvalue weighted by Crippen LogP contribution is -2.16. The molecule has 0 heterocycles. The Bertz CT molecular complexity index is 866. The van der Waals surface area contributed by atoms with E-state index in [1.165, 1.54) is 0 Å². The molecule has 2 aromatic rings. The first-order chi connectivity index (χ1) is 11.8. The summed E-state index contributed by atoms with van der Waals surface area (Å²) in [5, 5.41) is 3.47. The van der Waals surface area contributed by atoms with Gasteiger partial charge in [-0.15, -0.1) is 0 Å². The van der Waals surface area contributed by atoms with Crippen LogP contribution < -0.4 is 10.0 Å². The first kappa shape index (κ1) is 19.3. The van der Waals surface area contributed by atoms with Crippen LogP contribution in [-0.2, 0) is 21.2 Å². The molecule has 0 radical (unpaired) electrons. The van der Waals surface area contributed by atoms with Crippen molar-refractivity contribution in [2.75, 3.05) is 15.8 Å². The highest BCUT2D eigenvalue weighted by atomic mass is 35.5. The Labute approximate surface area is 153 Å². The lowest BCUT2D eigenvalue weighted by molar-refractivity contribution is -0.116. The molecule has 0 aliphatic heterocycles. The minimum absolute atomic E-state index is 0.00692. The number of hydrogen-bond acceptors (Lipinski definition) is 3. The maximum Gasteiger partial charge on any atom is 0.232 e. The van der Waals surface area contributed by atoms with Crippen molar-refractivity contribution in [3.8, 4) is 0 Å². The molecule has 2 N–H and O–H groups in total. The van der Waals surface area contributed by atoms with Gasteiger partial charge in [-0.05, 0) is 55.7 Å². The number of nitrogens with one attached hydrogen (secondary N) is 2. The summed E-state index contributed by atoms with van der Waals surface area (Å²) in [5.41, 5.74) is 2.80. The second-order valence-corrected chi connectivity index (χ2v) is 8.09. The fourth-order valence-electron chi connectivity index (χ4n) is 2.27. The van der Waals surface area contributed by atoms with Crippen molar-refractivity contribution in [3.63, 3.8) is 0 Å². The van der Waals surface area contributed by atoms with E-state index in [1.54, 1.807) is 38.1 Å². The van der Waals surface area contributed by atoms with Gasteiger partial charge in [0, 0.05) is 17.1 Å². The fraction of sp³-hybridized carbons (Fsp3) is 0.278. The Kier molecular flexibility index (Phi) is 6.45. The third-order valence-corrected chi connectivity index (χ3v) is 5.39. The highest BCUT2D eigenvalue weighted by molar-refractivity contribution is 7.92. The van der Waals surface area contributed by atoms with Crippen molar-refractivity contribution in [1.82, 2.24) is 0 Å². The minimum Gasteiger partial charge on any atom is -0.326 e. The molecule has 2 aromatic carbocycles. The Morgan fingerprint density at radius 3 is 2.52 bits per heavy atom. The zero-order valence-electron chi connectivity index (χ0n) is 14.2. The molecule has 0 fully saturated rings. The normalized spacial score (nSPS) is 11.2. The molecule has 25 heavy (non-hydrogen) atoms. The largest absolute Gasteiger partial charge is 0.326 e. The van der Waals surface area contributed by atoms with Gasteiger partial charge in [0.2, 0.25) is 15.9 Å². The average Bonchev–Trinajstić information content (AvgIpc) is 2.56. The van der Waals surface area contributed by atoms with E-state index in [0.717, 1.165) is 11.1 Å². The summed E-state index contributed by atoms with van der Waals surface area (Å²) >= 11 is 6.08. The Morgan fingerprint density at radius 1 is 1.16 bits per heavy atom. The summed E-state index contributed by atoms with van der Waals surface area (Å²) in [6.07, 6.45) is 0.867. The lowest BCUT2D eigenvalue weighted by Gasteiger charge is -2.12. The SMILES string of the molecule is CCS(=O)(=O)Nc1ccc(NC(=O)CCc2ccccc2Cl)cc1C. The van der Waals surface area contributed by atoms with Gasteiger partial charge in [-0.2, -0.15) is 0 Å². The molecule has 134 valence electrons. The van der Waals surface area contributed by atoms with Crippen LogP contribution in [0.3, 0.4) is 0 Å². The molecule has 7 heteroatoms. The lowest BCUT2D eigenvalue weighted by atomic mass is 10.1. The van der Waals surface area contributed by atoms with Gasteiger partial charge in [0.15, 0.2) is 0 Å². The van der Waals surface area contributed by atoms with Gasteiger partial charge in [-0.1, -0.05) is 29.8 Å². The number of halogens is 1. The summed E-state index contributed by atoms with van der Waals surface area (Å²) in [4.78, 5) is 12.1. The van der Waals surface area contributed by atoms with E-state index in [0.29, 0.717) is 29.2 Å². The van der Waals surface area contributed by atoms with Crippen LogP contribution in [0.25, 0.3) is 0 Å². The second kappa shape index (κ2) is 8.36. The van der Waals surface area contributed by atoms with Crippen LogP contribution >= 0.6 is 11.6 Å². The Hall–Kier alpha value is -2.05. The van der Waals surface area contributed by atoms with Gasteiger partial charge >= 0.3 is 0 Å². The Morgan fingerprint density at radius 2 is 1.88 bits per heavy atom. The van der Waals surface area contributed by atoms with E-state index < -0.39 is 10.0 Å². The van der Waals surface area contributed by atoms with Gasteiger partial charge in [0.1, 0.15) is 0 Å². The standard InChI is InChI=1S/C18H21ClN2O3S/c1-3-25(23,24)21-17-10-9-15(12-13(17)2)20-18(22)11-8-14-6-4-5-7-16(14)19/h4-7,9-10,12,21H,3,8,11H2,1-2H3,(H,20,22). The summed E-state index contributed by atoms with van der Waals surface area (Å²) < 4.78 is 25.8. The molecule has 0 bridgehead atoms. The minimum atomic E-state index is -3.32. The molecule has 1 amide bonds. The predicted molar refractivity (Wildman–Crippen MR) is 103 cm³/mol. The number of anilines is 2. The van der Waals surface area contributed by atoms with Crippen LogP contribution in [0.4, 0.5) is 11.4 Å². The average molecular weight is 381 g/mol. The van der Waals surface area contributed by atoms with Gasteiger partial charge in [-0.25, -0.2) is 8.42 Å². The first-order valence-electron chi connectivity index (χ1n) is 7.95. The van der Waals surface area contributed by atoms with Crippen LogP contribution in [0.2, 0.25) is 5.02 Å². The number of hydrogen-bond donors (Lipinski definition) is 2. The van der Waals surface area contributed by atoms with Gasteiger partial charge in [0.25, 0.3) is 0 Å². The van der Waals surface area contributed by atoms with Crippen LogP contribution in [0.1, 0.15) is 24.5 Å². The molecule has 0 saturated heterocycles. The predicted octanol–water partition coefficient (Wildman–Crippen LogP) is 3.98. The first-order valence-corrected chi connectivity index (χ1v) is 9.98. The summed E-state index contributed by atoms with van der Waals surface area (Å²) in [6, 6.07) is 12.5. The highest BCUT2D eigenvalue weighted by Gasteiger charge is 2.10. The third kappa shape index (κ3) is 5.76. The fourth-order valence-corrected chi connectivity index (χ4v) is 3.21. The van der Waals surface area contributed by atoms with Gasteiger partial charge in [0.05, 0.1) is 11.4 Å². The van der Waals surface area contributed by atoms with Crippen molar-refractivity contribution in [2.45, 2.75) is 26.7 Å². The van der Waals surface area contributed by atoms with Crippen molar-refractivity contribution in [1.29, 1.82) is 0 Å². The number of carbonyl (C=O) groups excluding carboxylic acids is 1. The molecular formula is C18H21ClN2O3S. The Balaban J connectivity index is 1.97. The van der Waals surface area contributed by atoms with E-state index in [4.69, 9.17) is 11.6 Å². The molecule has 0 unspecified atom stereocenters. The third-order valence-electron chi connectivity index (χ3n) is 3.73. The zero-order chi connectivity index (χ0) is 18.4. The molecule has 0 spiro atoms. The zero-order valence-corrected chi connectivity index (χ0v) is 15.7. The van der Waals surface area contributed by atoms with Crippen LogP contribution in [-0.4, -0.2) is 20.1 Å². The van der Waals surface area contributed by atoms with Crippen LogP contribution in [0, 0.1) is 6.92 Å². The van der Waals surface area contributed by atoms with E-state index in [1.807, 2.05) is 18.2 Å². The smallest absolute Gasteiger partial charge is 0.232 e. The van der Waals surface area contributed by atoms with Crippen molar-refractivity contribution < 1.29 is 13.2 Å². The number of benzene rings is 2. The molecule has 5 nitrogen and oxygen atoms in total. The summed E-state index contributed by atoms with van der Waals surface area (Å²) in [6.45, 7) is 3.36. The molecule has 0 aromatic heterocycles. The van der Waals surface area contributed by atoms with Crippen molar-refractivity contribution in [3.05, 3.63) is 58.6 Å². The molecule has 2 rings (SSSR count). The monoisotopic (exact) mass is 380 g/mol. The number of rotatable bonds is 7. The van der Waals surface area contributed by atoms with E-state index >= 15 is 0 Å². The number of sulfonamides is 1. The van der Waals surface area contributed by atoms with E-state index in [-0.39, 0.29) is 11.7 Å². The van der Waals surface area contributed by atoms with Gasteiger partial charge in [-0.3, -0.25) is 9.52 Å². The molecule has 0 saturated carbocycles. The van der Waals surface area contributed by atoms with E-state index in [9.17, 15) is 13.2 Å². The molecule has 0 atom stereocenters. The van der Waals surface area contributed by atoms with Crippen LogP contribution in [0.15, 0.2) is 42.5 Å². The number of carbonyl (C=O) groups is 1. The van der Waals surface area contributed by atoms with Gasteiger partial charge < -0.3 is 5.32 Å². The highest BCUT2D eigenvalue weighted by Crippen LogP contribution is 2.21.